The Morgan fingerprint density at radius 1 is 1.36 bits per heavy atom. The maximum atomic E-state index is 12.4. The second-order valence-corrected chi connectivity index (χ2v) is 6.06. The first-order chi connectivity index (χ1) is 10.6. The van der Waals surface area contributed by atoms with E-state index in [1.54, 1.807) is 4.90 Å². The summed E-state index contributed by atoms with van der Waals surface area (Å²) in [6.07, 6.45) is 2.25. The average Bonchev–Trinajstić information content (AvgIpc) is 2.93. The van der Waals surface area contributed by atoms with Crippen molar-refractivity contribution in [2.75, 3.05) is 18.0 Å². The van der Waals surface area contributed by atoms with E-state index in [0.29, 0.717) is 25.4 Å². The molecule has 120 valence electrons. The molecular weight excluding hydrogens is 276 g/mol. The van der Waals surface area contributed by atoms with Crippen molar-refractivity contribution in [3.05, 3.63) is 29.8 Å². The third-order valence-corrected chi connectivity index (χ3v) is 4.42. The van der Waals surface area contributed by atoms with Gasteiger partial charge in [-0.2, -0.15) is 0 Å². The number of hydrogen-bond donors (Lipinski definition) is 1. The van der Waals surface area contributed by atoms with Crippen molar-refractivity contribution < 1.29 is 9.59 Å². The van der Waals surface area contributed by atoms with Crippen molar-refractivity contribution in [1.82, 2.24) is 5.32 Å². The van der Waals surface area contributed by atoms with E-state index in [9.17, 15) is 9.59 Å². The Kier molecular flexibility index (Phi) is 5.58. The van der Waals surface area contributed by atoms with Crippen molar-refractivity contribution in [3.8, 4) is 0 Å². The van der Waals surface area contributed by atoms with Gasteiger partial charge in [-0.25, -0.2) is 0 Å². The first-order valence-electron chi connectivity index (χ1n) is 8.25. The Labute approximate surface area is 132 Å². The summed E-state index contributed by atoms with van der Waals surface area (Å²) in [5.41, 5.74) is 2.15. The molecule has 0 aromatic heterocycles. The number of rotatable bonds is 6. The van der Waals surface area contributed by atoms with Crippen LogP contribution in [0.1, 0.15) is 51.5 Å². The summed E-state index contributed by atoms with van der Waals surface area (Å²) in [5.74, 6) is 0.215. The maximum absolute atomic E-state index is 12.4. The number of para-hydroxylation sites is 1. The van der Waals surface area contributed by atoms with Crippen molar-refractivity contribution >= 4 is 17.5 Å². The predicted molar refractivity (Wildman–Crippen MR) is 88.9 cm³/mol. The van der Waals surface area contributed by atoms with Crippen LogP contribution in [0.15, 0.2) is 24.3 Å². The smallest absolute Gasteiger partial charge is 0.227 e. The van der Waals surface area contributed by atoms with Crippen LogP contribution in [0.2, 0.25) is 0 Å². The first-order valence-corrected chi connectivity index (χ1v) is 8.25. The number of benzene rings is 1. The van der Waals surface area contributed by atoms with E-state index < -0.39 is 0 Å². The van der Waals surface area contributed by atoms with Crippen LogP contribution in [0.4, 0.5) is 5.69 Å². The van der Waals surface area contributed by atoms with Gasteiger partial charge in [0, 0.05) is 25.2 Å². The molecule has 1 saturated heterocycles. The van der Waals surface area contributed by atoms with Crippen molar-refractivity contribution in [2.24, 2.45) is 5.92 Å². The average molecular weight is 302 g/mol. The summed E-state index contributed by atoms with van der Waals surface area (Å²) in [7, 11) is 0. The lowest BCUT2D eigenvalue weighted by molar-refractivity contribution is -0.126. The number of nitrogens with zero attached hydrogens (tertiary/aromatic N) is 1. The van der Waals surface area contributed by atoms with Gasteiger partial charge >= 0.3 is 0 Å². The largest absolute Gasteiger partial charge is 0.356 e. The van der Waals surface area contributed by atoms with Crippen LogP contribution >= 0.6 is 0 Å². The summed E-state index contributed by atoms with van der Waals surface area (Å²) in [6.45, 7) is 7.50. The van der Waals surface area contributed by atoms with Crippen LogP contribution in [0.5, 0.6) is 0 Å². The highest BCUT2D eigenvalue weighted by Gasteiger charge is 2.35. The van der Waals surface area contributed by atoms with Crippen LogP contribution in [0.25, 0.3) is 0 Å². The predicted octanol–water partition coefficient (Wildman–Crippen LogP) is 3.08. The molecular formula is C18H26N2O2. The molecule has 1 heterocycles. The lowest BCUT2D eigenvalue weighted by atomic mass is 9.96. The summed E-state index contributed by atoms with van der Waals surface area (Å²) >= 11 is 0. The van der Waals surface area contributed by atoms with Crippen LogP contribution in [-0.4, -0.2) is 24.9 Å². The second kappa shape index (κ2) is 7.43. The fourth-order valence-corrected chi connectivity index (χ4v) is 2.88. The molecule has 1 aliphatic heterocycles. The normalized spacial score (nSPS) is 19.3. The molecule has 0 spiro atoms. The number of amides is 2. The highest BCUT2D eigenvalue weighted by Crippen LogP contribution is 2.33. The van der Waals surface area contributed by atoms with Crippen LogP contribution in [0, 0.1) is 5.92 Å². The minimum atomic E-state index is -0.232. The van der Waals surface area contributed by atoms with Crippen LogP contribution < -0.4 is 10.2 Å². The van der Waals surface area contributed by atoms with Crippen LogP contribution in [-0.2, 0) is 9.59 Å². The zero-order valence-corrected chi connectivity index (χ0v) is 13.8. The molecule has 1 aromatic rings. The minimum absolute atomic E-state index is 0.00118. The number of anilines is 1. The van der Waals surface area contributed by atoms with Gasteiger partial charge in [-0.15, -0.1) is 0 Å². The first kappa shape index (κ1) is 16.5. The summed E-state index contributed by atoms with van der Waals surface area (Å²) in [4.78, 5) is 26.3. The number of carbonyl (C=O) groups is 2. The Balaban J connectivity index is 2.17. The molecule has 0 bridgehead atoms. The van der Waals surface area contributed by atoms with E-state index in [0.717, 1.165) is 18.5 Å². The maximum Gasteiger partial charge on any atom is 0.227 e. The standard InChI is InChI=1S/C18H26N2O2/c1-4-10-19-18(22)14-11-17(21)20(12-14)16-9-7-6-8-15(16)13(3)5-2/h6-9,13-14H,4-5,10-12H2,1-3H3,(H,19,22). The molecule has 4 heteroatoms. The van der Waals surface area contributed by atoms with E-state index in [1.165, 1.54) is 5.56 Å². The number of nitrogens with one attached hydrogen (secondary N) is 1. The summed E-state index contributed by atoms with van der Waals surface area (Å²) in [5, 5.41) is 2.90. The Morgan fingerprint density at radius 3 is 2.77 bits per heavy atom. The Morgan fingerprint density at radius 2 is 2.09 bits per heavy atom. The van der Waals surface area contributed by atoms with Crippen molar-refractivity contribution in [3.63, 3.8) is 0 Å². The van der Waals surface area contributed by atoms with E-state index in [2.05, 4.69) is 25.2 Å². The van der Waals surface area contributed by atoms with Gasteiger partial charge in [0.2, 0.25) is 11.8 Å². The van der Waals surface area contributed by atoms with E-state index in [-0.39, 0.29) is 17.7 Å². The molecule has 4 nitrogen and oxygen atoms in total. The SMILES string of the molecule is CCCNC(=O)C1CC(=O)N(c2ccccc2C(C)CC)C1. The third kappa shape index (κ3) is 3.49. The topological polar surface area (TPSA) is 49.4 Å². The van der Waals surface area contributed by atoms with Crippen molar-refractivity contribution in [2.45, 2.75) is 46.0 Å². The van der Waals surface area contributed by atoms with Gasteiger partial charge in [-0.3, -0.25) is 9.59 Å². The highest BCUT2D eigenvalue weighted by molar-refractivity contribution is 6.00. The quantitative estimate of drug-likeness (QED) is 0.878. The van der Waals surface area contributed by atoms with Gasteiger partial charge in [-0.05, 0) is 30.4 Å². The third-order valence-electron chi connectivity index (χ3n) is 4.42. The van der Waals surface area contributed by atoms with E-state index in [1.807, 2.05) is 25.1 Å². The van der Waals surface area contributed by atoms with Gasteiger partial charge < -0.3 is 10.2 Å². The summed E-state index contributed by atoms with van der Waals surface area (Å²) in [6, 6.07) is 8.04. The number of carbonyl (C=O) groups excluding carboxylic acids is 2. The van der Waals surface area contributed by atoms with Crippen LogP contribution in [0.3, 0.4) is 0 Å². The second-order valence-electron chi connectivity index (χ2n) is 6.06. The van der Waals surface area contributed by atoms with Gasteiger partial charge in [0.25, 0.3) is 0 Å². The van der Waals surface area contributed by atoms with Gasteiger partial charge in [-0.1, -0.05) is 39.0 Å². The van der Waals surface area contributed by atoms with Gasteiger partial charge in [0.1, 0.15) is 0 Å². The van der Waals surface area contributed by atoms with Gasteiger partial charge in [0.15, 0.2) is 0 Å². The zero-order chi connectivity index (χ0) is 16.1. The van der Waals surface area contributed by atoms with Gasteiger partial charge in [0.05, 0.1) is 5.92 Å². The molecule has 0 aliphatic carbocycles. The minimum Gasteiger partial charge on any atom is -0.356 e. The number of hydrogen-bond acceptors (Lipinski definition) is 2. The molecule has 2 rings (SSSR count). The zero-order valence-electron chi connectivity index (χ0n) is 13.8. The molecule has 1 fully saturated rings. The molecule has 1 aliphatic rings. The lowest BCUT2D eigenvalue weighted by Gasteiger charge is -2.23. The Bertz CT molecular complexity index is 542. The van der Waals surface area contributed by atoms with E-state index in [4.69, 9.17) is 0 Å². The Hall–Kier alpha value is -1.84. The molecule has 2 atom stereocenters. The molecule has 1 N–H and O–H groups in total. The fraction of sp³-hybridized carbons (Fsp3) is 0.556. The highest BCUT2D eigenvalue weighted by atomic mass is 16.2. The molecule has 2 amide bonds. The molecule has 22 heavy (non-hydrogen) atoms. The lowest BCUT2D eigenvalue weighted by Crippen LogP contribution is -2.33. The molecule has 0 radical (unpaired) electrons. The molecule has 0 saturated carbocycles. The molecule has 2 unspecified atom stereocenters. The van der Waals surface area contributed by atoms with Crippen molar-refractivity contribution in [1.29, 1.82) is 0 Å². The summed E-state index contributed by atoms with van der Waals surface area (Å²) < 4.78 is 0. The molecule has 1 aromatic carbocycles. The fourth-order valence-electron chi connectivity index (χ4n) is 2.88. The van der Waals surface area contributed by atoms with E-state index >= 15 is 0 Å². The monoisotopic (exact) mass is 302 g/mol.